The molecule has 4 rings (SSSR count). The van der Waals surface area contributed by atoms with Gasteiger partial charge in [0, 0.05) is 0 Å². The Bertz CT molecular complexity index is 883. The minimum absolute atomic E-state index is 0.264. The van der Waals surface area contributed by atoms with Crippen molar-refractivity contribution in [3.8, 4) is 0 Å². The van der Waals surface area contributed by atoms with Gasteiger partial charge in [-0.15, -0.1) is 0 Å². The second-order valence-corrected chi connectivity index (χ2v) is 9.31. The normalized spacial score (nSPS) is 23.0. The molecule has 0 N–H and O–H groups in total. The number of rotatable bonds is 1. The van der Waals surface area contributed by atoms with Crippen molar-refractivity contribution >= 4 is 17.7 Å². The molecule has 1 aromatic carbocycles. The maximum absolute atomic E-state index is 2.55. The highest BCUT2D eigenvalue weighted by Gasteiger charge is 2.40. The quantitative estimate of drug-likeness (QED) is 0.711. The van der Waals surface area contributed by atoms with Gasteiger partial charge in [0.2, 0.25) is 0 Å². The van der Waals surface area contributed by atoms with Crippen molar-refractivity contribution in [3.63, 3.8) is 0 Å². The van der Waals surface area contributed by atoms with Gasteiger partial charge in [-0.1, -0.05) is 71.9 Å². The lowest BCUT2D eigenvalue weighted by Crippen LogP contribution is -2.30. The summed E-state index contributed by atoms with van der Waals surface area (Å²) in [6.45, 7) is 14.2. The van der Waals surface area contributed by atoms with Gasteiger partial charge in [-0.05, 0) is 67.9 Å². The third-order valence-electron chi connectivity index (χ3n) is 5.79. The van der Waals surface area contributed by atoms with Gasteiger partial charge in [0.15, 0.2) is 0 Å². The number of fused-ring (bicyclic) bond motifs is 4. The Balaban J connectivity index is 1.99. The summed E-state index contributed by atoms with van der Waals surface area (Å²) in [6.07, 6.45) is 9.72. The second-order valence-electron chi connectivity index (χ2n) is 9.31. The molecule has 0 bridgehead atoms. The van der Waals surface area contributed by atoms with E-state index in [1.807, 2.05) is 0 Å². The molecule has 0 aromatic heterocycles. The van der Waals surface area contributed by atoms with Crippen molar-refractivity contribution in [2.75, 3.05) is 0 Å². The lowest BCUT2D eigenvalue weighted by atomic mass is 9.64. The van der Waals surface area contributed by atoms with Crippen LogP contribution in [0, 0.1) is 16.7 Å². The molecule has 0 radical (unpaired) electrons. The first kappa shape index (κ1) is 15.0. The predicted molar refractivity (Wildman–Crippen MR) is 100 cm³/mol. The summed E-state index contributed by atoms with van der Waals surface area (Å²) in [6, 6.07) is 4.73. The Labute approximate surface area is 140 Å². The Morgan fingerprint density at radius 2 is 1.74 bits per heavy atom. The van der Waals surface area contributed by atoms with Crippen LogP contribution in [0.1, 0.15) is 59.1 Å². The van der Waals surface area contributed by atoms with Gasteiger partial charge in [-0.2, -0.15) is 0 Å². The fourth-order valence-electron chi connectivity index (χ4n) is 5.25. The summed E-state index contributed by atoms with van der Waals surface area (Å²) in [5.41, 5.74) is 8.30. The molecule has 1 aromatic rings. The van der Waals surface area contributed by atoms with E-state index in [2.05, 4.69) is 71.9 Å². The first-order chi connectivity index (χ1) is 10.7. The molecule has 0 fully saturated rings. The first-order valence-electron chi connectivity index (χ1n) is 9.00. The molecule has 0 saturated carbocycles. The molecule has 0 amide bonds. The molecule has 3 aliphatic carbocycles. The van der Waals surface area contributed by atoms with E-state index >= 15 is 0 Å². The van der Waals surface area contributed by atoms with Crippen molar-refractivity contribution < 1.29 is 0 Å². The van der Waals surface area contributed by atoms with Crippen LogP contribution in [-0.2, 0) is 6.42 Å². The fourth-order valence-corrected chi connectivity index (χ4v) is 5.25. The van der Waals surface area contributed by atoms with E-state index in [0.717, 1.165) is 6.42 Å². The Hall–Kier alpha value is -1.56. The standard InChI is InChI=1S/C23H28/c1-14(2)16-9-15-7-8-18-20(19(15)10-16)11-17-12-22(3,4)13-23(5,6)21(17)18/h7-10,12,14H,11,13H2,1-6H3. The average molecular weight is 304 g/mol. The van der Waals surface area contributed by atoms with E-state index in [0.29, 0.717) is 11.3 Å². The van der Waals surface area contributed by atoms with Crippen molar-refractivity contribution in [2.45, 2.75) is 54.4 Å². The smallest absolute Gasteiger partial charge is 0.00134 e. The lowest BCUT2D eigenvalue weighted by molar-refractivity contribution is 0.292. The topological polar surface area (TPSA) is 0 Å². The summed E-state index contributed by atoms with van der Waals surface area (Å²) in [4.78, 5) is 0. The molecule has 23 heavy (non-hydrogen) atoms. The van der Waals surface area contributed by atoms with E-state index in [4.69, 9.17) is 0 Å². The molecule has 0 aliphatic heterocycles. The van der Waals surface area contributed by atoms with Crippen LogP contribution in [-0.4, -0.2) is 0 Å². The van der Waals surface area contributed by atoms with Gasteiger partial charge in [-0.3, -0.25) is 0 Å². The summed E-state index contributed by atoms with van der Waals surface area (Å²) in [7, 11) is 0. The number of benzene rings is 1. The van der Waals surface area contributed by atoms with Crippen LogP contribution in [0.2, 0.25) is 0 Å². The van der Waals surface area contributed by atoms with Gasteiger partial charge in [-0.25, -0.2) is 0 Å². The Kier molecular flexibility index (Phi) is 2.93. The molecule has 0 nitrogen and oxygen atoms in total. The van der Waals surface area contributed by atoms with Gasteiger partial charge in [0.25, 0.3) is 0 Å². The largest absolute Gasteiger partial charge is 0.0750 e. The maximum atomic E-state index is 2.55. The zero-order valence-electron chi connectivity index (χ0n) is 15.4. The predicted octanol–water partition coefficient (Wildman–Crippen LogP) is 4.61. The number of hydrogen-bond acceptors (Lipinski definition) is 0. The van der Waals surface area contributed by atoms with Crippen LogP contribution in [0.25, 0.3) is 17.7 Å². The molecule has 0 spiro atoms. The third kappa shape index (κ3) is 2.18. The molecule has 0 heteroatoms. The van der Waals surface area contributed by atoms with Crippen LogP contribution in [0.3, 0.4) is 0 Å². The van der Waals surface area contributed by atoms with Crippen molar-refractivity contribution in [3.05, 3.63) is 50.9 Å². The second kappa shape index (κ2) is 4.50. The number of allylic oxidation sites excluding steroid dienone is 3. The molecule has 3 aliphatic rings. The monoisotopic (exact) mass is 304 g/mol. The molecule has 0 saturated heterocycles. The fraction of sp³-hybridized carbons (Fsp3) is 0.478. The van der Waals surface area contributed by atoms with E-state index in [1.165, 1.54) is 28.0 Å². The molecular formula is C23H28. The first-order valence-corrected chi connectivity index (χ1v) is 9.00. The van der Waals surface area contributed by atoms with Crippen LogP contribution >= 0.6 is 0 Å². The summed E-state index contributed by atoms with van der Waals surface area (Å²) in [5, 5.41) is 2.94. The van der Waals surface area contributed by atoms with E-state index < -0.39 is 0 Å². The highest BCUT2D eigenvalue weighted by Crippen LogP contribution is 2.50. The summed E-state index contributed by atoms with van der Waals surface area (Å²) < 4.78 is 0. The van der Waals surface area contributed by atoms with Gasteiger partial charge in [0.1, 0.15) is 0 Å². The van der Waals surface area contributed by atoms with Gasteiger partial charge in [0.05, 0.1) is 0 Å². The highest BCUT2D eigenvalue weighted by atomic mass is 14.4. The zero-order chi connectivity index (χ0) is 16.6. The van der Waals surface area contributed by atoms with Gasteiger partial charge < -0.3 is 0 Å². The Morgan fingerprint density at radius 1 is 1.00 bits per heavy atom. The van der Waals surface area contributed by atoms with Crippen LogP contribution in [0.5, 0.6) is 0 Å². The van der Waals surface area contributed by atoms with Gasteiger partial charge >= 0.3 is 0 Å². The van der Waals surface area contributed by atoms with E-state index in [-0.39, 0.29) is 5.41 Å². The molecular weight excluding hydrogens is 276 g/mol. The average Bonchev–Trinajstić information content (AvgIpc) is 2.95. The van der Waals surface area contributed by atoms with Crippen molar-refractivity contribution in [2.24, 2.45) is 16.7 Å². The molecule has 0 atom stereocenters. The summed E-state index contributed by atoms with van der Waals surface area (Å²) in [5.74, 6) is 0.601. The molecule has 0 unspecified atom stereocenters. The SMILES string of the molecule is CC(C)C1=Cc2c3c(ccc2=C1)=C1C(=CC(C)(C)CC1(C)C)C3. The lowest BCUT2D eigenvalue weighted by Gasteiger charge is -2.40. The van der Waals surface area contributed by atoms with Crippen LogP contribution < -0.4 is 10.4 Å². The van der Waals surface area contributed by atoms with E-state index in [1.54, 1.807) is 16.7 Å². The summed E-state index contributed by atoms with van der Waals surface area (Å²) >= 11 is 0. The highest BCUT2D eigenvalue weighted by molar-refractivity contribution is 5.81. The van der Waals surface area contributed by atoms with E-state index in [9.17, 15) is 0 Å². The number of hydrogen-bond donors (Lipinski definition) is 0. The molecule has 0 heterocycles. The minimum atomic E-state index is 0.264. The van der Waals surface area contributed by atoms with Crippen molar-refractivity contribution in [1.29, 1.82) is 0 Å². The van der Waals surface area contributed by atoms with Crippen molar-refractivity contribution in [1.82, 2.24) is 0 Å². The third-order valence-corrected chi connectivity index (χ3v) is 5.79. The molecule has 120 valence electrons. The maximum Gasteiger partial charge on any atom is -0.00134 e. The minimum Gasteiger partial charge on any atom is -0.0750 e. The van der Waals surface area contributed by atoms with Crippen LogP contribution in [0.4, 0.5) is 0 Å². The zero-order valence-corrected chi connectivity index (χ0v) is 15.4. The van der Waals surface area contributed by atoms with Crippen LogP contribution in [0.15, 0.2) is 29.4 Å². The Morgan fingerprint density at radius 3 is 2.43 bits per heavy atom.